The summed E-state index contributed by atoms with van der Waals surface area (Å²) in [6.07, 6.45) is 2.18. The fraction of sp³-hybridized carbons (Fsp3) is 0.444. The second-order valence-electron chi connectivity index (χ2n) is 7.25. The molecule has 3 rings (SSSR count). The molecular weight excluding hydrogens is 400 g/mol. The van der Waals surface area contributed by atoms with Gasteiger partial charge in [0.2, 0.25) is 0 Å². The van der Waals surface area contributed by atoms with Crippen molar-refractivity contribution in [1.29, 1.82) is 0 Å². The van der Waals surface area contributed by atoms with Gasteiger partial charge in [0.05, 0.1) is 19.3 Å². The van der Waals surface area contributed by atoms with Crippen LogP contribution in [0.3, 0.4) is 0 Å². The molecule has 0 saturated heterocycles. The molecule has 1 aromatic carbocycles. The van der Waals surface area contributed by atoms with Crippen molar-refractivity contribution in [2.75, 3.05) is 12.4 Å². The second kappa shape index (κ2) is 6.70. The zero-order valence-corrected chi connectivity index (χ0v) is 17.5. The standard InChI is InChI=1S/C18H23BrN2O3Si/c1-23-15-12-20-17(22)21-14(11-19)10-18(16(15)21,24-25(2,3)4)13-8-6-5-7-9-13/h5-9,12,14H,10-11H2,1-4H3/t14-,18-/m1/s1. The molecule has 0 radical (unpaired) electrons. The highest BCUT2D eigenvalue weighted by molar-refractivity contribution is 9.09. The van der Waals surface area contributed by atoms with Crippen LogP contribution in [0.25, 0.3) is 0 Å². The number of alkyl halides is 1. The van der Waals surface area contributed by atoms with Gasteiger partial charge in [0.1, 0.15) is 11.3 Å². The molecular formula is C18H23BrN2O3Si. The van der Waals surface area contributed by atoms with Gasteiger partial charge in [-0.1, -0.05) is 46.3 Å². The Morgan fingerprint density at radius 3 is 2.56 bits per heavy atom. The summed E-state index contributed by atoms with van der Waals surface area (Å²) in [7, 11) is -0.343. The molecule has 2 heterocycles. The maximum absolute atomic E-state index is 12.6. The summed E-state index contributed by atoms with van der Waals surface area (Å²) in [5.41, 5.74) is 0.835. The van der Waals surface area contributed by atoms with Gasteiger partial charge in [-0.15, -0.1) is 0 Å². The fourth-order valence-corrected chi connectivity index (χ4v) is 5.47. The van der Waals surface area contributed by atoms with Crippen molar-refractivity contribution in [3.05, 3.63) is 58.3 Å². The van der Waals surface area contributed by atoms with Crippen molar-refractivity contribution in [1.82, 2.24) is 9.55 Å². The predicted molar refractivity (Wildman–Crippen MR) is 104 cm³/mol. The van der Waals surface area contributed by atoms with Crippen LogP contribution < -0.4 is 10.4 Å². The Balaban J connectivity index is 2.36. The van der Waals surface area contributed by atoms with Crippen LogP contribution in [0, 0.1) is 0 Å². The van der Waals surface area contributed by atoms with Crippen molar-refractivity contribution in [2.45, 2.75) is 37.7 Å². The molecule has 2 aromatic rings. The van der Waals surface area contributed by atoms with Gasteiger partial charge in [0, 0.05) is 11.8 Å². The maximum atomic E-state index is 12.6. The normalized spacial score (nSPS) is 22.7. The van der Waals surface area contributed by atoms with Crippen molar-refractivity contribution in [3.63, 3.8) is 0 Å². The minimum atomic E-state index is -1.95. The molecule has 0 spiro atoms. The minimum Gasteiger partial charge on any atom is -0.493 e. The van der Waals surface area contributed by atoms with Gasteiger partial charge in [-0.05, 0) is 25.2 Å². The van der Waals surface area contributed by atoms with E-state index in [1.165, 1.54) is 6.20 Å². The molecule has 5 nitrogen and oxygen atoms in total. The van der Waals surface area contributed by atoms with Crippen LogP contribution in [-0.2, 0) is 10.0 Å². The topological polar surface area (TPSA) is 53.3 Å². The molecule has 0 bridgehead atoms. The number of hydrogen-bond donors (Lipinski definition) is 0. The van der Waals surface area contributed by atoms with Gasteiger partial charge < -0.3 is 9.16 Å². The van der Waals surface area contributed by atoms with Gasteiger partial charge in [-0.2, -0.15) is 4.98 Å². The Hall–Kier alpha value is -1.44. The fourth-order valence-electron chi connectivity index (χ4n) is 3.61. The smallest absolute Gasteiger partial charge is 0.348 e. The zero-order chi connectivity index (χ0) is 18.2. The Kier molecular flexibility index (Phi) is 4.92. The Bertz CT molecular complexity index is 819. The summed E-state index contributed by atoms with van der Waals surface area (Å²) < 4.78 is 14.1. The van der Waals surface area contributed by atoms with Crippen LogP contribution in [0.1, 0.15) is 23.7 Å². The van der Waals surface area contributed by atoms with E-state index in [0.29, 0.717) is 17.5 Å². The third-order valence-corrected chi connectivity index (χ3v) is 6.07. The van der Waals surface area contributed by atoms with E-state index in [1.807, 2.05) is 18.2 Å². The number of rotatable bonds is 5. The van der Waals surface area contributed by atoms with E-state index in [4.69, 9.17) is 9.16 Å². The molecule has 25 heavy (non-hydrogen) atoms. The molecule has 0 amide bonds. The zero-order valence-electron chi connectivity index (χ0n) is 15.0. The van der Waals surface area contributed by atoms with Crippen LogP contribution in [0.15, 0.2) is 41.3 Å². The van der Waals surface area contributed by atoms with Gasteiger partial charge in [-0.25, -0.2) is 4.79 Å². The number of ether oxygens (including phenoxy) is 1. The van der Waals surface area contributed by atoms with E-state index in [1.54, 1.807) is 11.7 Å². The number of aromatic nitrogens is 2. The first-order valence-electron chi connectivity index (χ1n) is 8.30. The van der Waals surface area contributed by atoms with Gasteiger partial charge >= 0.3 is 5.69 Å². The van der Waals surface area contributed by atoms with Crippen LogP contribution >= 0.6 is 15.9 Å². The first kappa shape index (κ1) is 18.4. The van der Waals surface area contributed by atoms with Gasteiger partial charge in [-0.3, -0.25) is 4.57 Å². The largest absolute Gasteiger partial charge is 0.493 e. The number of nitrogens with zero attached hydrogens (tertiary/aromatic N) is 2. The monoisotopic (exact) mass is 422 g/mol. The molecule has 0 saturated carbocycles. The first-order valence-corrected chi connectivity index (χ1v) is 12.8. The lowest BCUT2D eigenvalue weighted by Crippen LogP contribution is -2.41. The number of hydrogen-bond acceptors (Lipinski definition) is 4. The third-order valence-electron chi connectivity index (χ3n) is 4.36. The third kappa shape index (κ3) is 3.20. The molecule has 0 fully saturated rings. The van der Waals surface area contributed by atoms with E-state index in [-0.39, 0.29) is 11.7 Å². The molecule has 0 N–H and O–H groups in total. The van der Waals surface area contributed by atoms with Crippen LogP contribution in [0.5, 0.6) is 5.75 Å². The highest BCUT2D eigenvalue weighted by atomic mass is 79.9. The number of methoxy groups -OCH3 is 1. The average molecular weight is 423 g/mol. The summed E-state index contributed by atoms with van der Waals surface area (Å²) in [5, 5.41) is 0.651. The number of halogens is 1. The molecule has 134 valence electrons. The molecule has 7 heteroatoms. The SMILES string of the molecule is COc1cnc(=O)n2c1[C@](O[Si](C)(C)C)(c1ccccc1)C[C@@H]2CBr. The Morgan fingerprint density at radius 2 is 2.00 bits per heavy atom. The van der Waals surface area contributed by atoms with E-state index in [0.717, 1.165) is 11.3 Å². The average Bonchev–Trinajstić information content (AvgIpc) is 2.91. The minimum absolute atomic E-state index is 0.0401. The van der Waals surface area contributed by atoms with Crippen LogP contribution in [0.2, 0.25) is 19.6 Å². The quantitative estimate of drug-likeness (QED) is 0.544. The highest BCUT2D eigenvalue weighted by Gasteiger charge is 2.51. The number of benzene rings is 1. The van der Waals surface area contributed by atoms with Crippen molar-refractivity contribution in [3.8, 4) is 5.75 Å². The van der Waals surface area contributed by atoms with Crippen molar-refractivity contribution in [2.24, 2.45) is 0 Å². The van der Waals surface area contributed by atoms with Crippen LogP contribution in [0.4, 0.5) is 0 Å². The van der Waals surface area contributed by atoms with Gasteiger partial charge in [0.15, 0.2) is 14.1 Å². The van der Waals surface area contributed by atoms with Crippen molar-refractivity contribution < 1.29 is 9.16 Å². The molecule has 1 aromatic heterocycles. The summed E-state index contributed by atoms with van der Waals surface area (Å²) in [6, 6.07) is 10.1. The van der Waals surface area contributed by atoms with E-state index >= 15 is 0 Å². The Morgan fingerprint density at radius 1 is 1.32 bits per heavy atom. The summed E-state index contributed by atoms with van der Waals surface area (Å²) in [6.45, 7) is 6.49. The van der Waals surface area contributed by atoms with Gasteiger partial charge in [0.25, 0.3) is 0 Å². The molecule has 1 aliphatic heterocycles. The van der Waals surface area contributed by atoms with E-state index in [2.05, 4.69) is 52.7 Å². The molecule has 0 aliphatic carbocycles. The first-order chi connectivity index (χ1) is 11.8. The molecule has 0 unspecified atom stereocenters. The lowest BCUT2D eigenvalue weighted by molar-refractivity contribution is 0.0968. The second-order valence-corrected chi connectivity index (χ2v) is 12.3. The molecule has 1 aliphatic rings. The summed E-state index contributed by atoms with van der Waals surface area (Å²) >= 11 is 3.56. The summed E-state index contributed by atoms with van der Waals surface area (Å²) in [5.74, 6) is 0.588. The van der Waals surface area contributed by atoms with Crippen LogP contribution in [-0.4, -0.2) is 30.3 Å². The predicted octanol–water partition coefficient (Wildman–Crippen LogP) is 3.69. The number of fused-ring (bicyclic) bond motifs is 1. The lowest BCUT2D eigenvalue weighted by atomic mass is 9.87. The lowest BCUT2D eigenvalue weighted by Gasteiger charge is -2.37. The van der Waals surface area contributed by atoms with Crippen molar-refractivity contribution >= 4 is 24.2 Å². The maximum Gasteiger partial charge on any atom is 0.348 e. The van der Waals surface area contributed by atoms with E-state index < -0.39 is 13.9 Å². The Labute approximate surface area is 157 Å². The van der Waals surface area contributed by atoms with E-state index in [9.17, 15) is 4.79 Å². The highest BCUT2D eigenvalue weighted by Crippen LogP contribution is 2.50. The molecule has 2 atom stereocenters. The summed E-state index contributed by atoms with van der Waals surface area (Å²) in [4.78, 5) is 16.6.